The van der Waals surface area contributed by atoms with Crippen molar-refractivity contribution in [2.45, 2.75) is 25.9 Å². The standard InChI is InChI=1S/C15H14F3NO3/c1-9-12(14(21)15(16,17)18)7-8-13(20)19(9)10-3-5-11(22-2)6-4-10/h3-6H,7-8H2,1-2H3. The first-order chi connectivity index (χ1) is 10.3. The smallest absolute Gasteiger partial charge is 0.454 e. The molecule has 0 bridgehead atoms. The Labute approximate surface area is 125 Å². The van der Waals surface area contributed by atoms with Crippen LogP contribution in [0, 0.1) is 0 Å². The molecule has 1 aromatic carbocycles. The highest BCUT2D eigenvalue weighted by Crippen LogP contribution is 2.33. The fourth-order valence-electron chi connectivity index (χ4n) is 2.36. The predicted octanol–water partition coefficient (Wildman–Crippen LogP) is 3.23. The molecular weight excluding hydrogens is 299 g/mol. The van der Waals surface area contributed by atoms with E-state index < -0.39 is 12.0 Å². The normalized spacial score (nSPS) is 16.0. The predicted molar refractivity (Wildman–Crippen MR) is 73.5 cm³/mol. The summed E-state index contributed by atoms with van der Waals surface area (Å²) in [5, 5.41) is 0. The third-order valence-corrected chi connectivity index (χ3v) is 3.47. The number of benzene rings is 1. The minimum Gasteiger partial charge on any atom is -0.497 e. The van der Waals surface area contributed by atoms with E-state index in [-0.39, 0.29) is 30.0 Å². The van der Waals surface area contributed by atoms with E-state index >= 15 is 0 Å². The van der Waals surface area contributed by atoms with Gasteiger partial charge in [0, 0.05) is 23.4 Å². The second-order valence-electron chi connectivity index (χ2n) is 4.82. The van der Waals surface area contributed by atoms with Crippen LogP contribution >= 0.6 is 0 Å². The highest BCUT2D eigenvalue weighted by atomic mass is 19.4. The van der Waals surface area contributed by atoms with Gasteiger partial charge in [0.25, 0.3) is 5.78 Å². The van der Waals surface area contributed by atoms with Gasteiger partial charge in [0.2, 0.25) is 5.91 Å². The van der Waals surface area contributed by atoms with Crippen LogP contribution in [-0.2, 0) is 9.59 Å². The van der Waals surface area contributed by atoms with Crippen LogP contribution in [0.1, 0.15) is 19.8 Å². The van der Waals surface area contributed by atoms with Crippen LogP contribution < -0.4 is 9.64 Å². The summed E-state index contributed by atoms with van der Waals surface area (Å²) < 4.78 is 42.9. The lowest BCUT2D eigenvalue weighted by Gasteiger charge is -2.30. The number of Topliss-reactive ketones (excluding diaryl/α,β-unsaturated/α-hetero) is 1. The first-order valence-corrected chi connectivity index (χ1v) is 6.54. The van der Waals surface area contributed by atoms with E-state index in [2.05, 4.69) is 0 Å². The number of carbonyl (C=O) groups excluding carboxylic acids is 2. The topological polar surface area (TPSA) is 46.6 Å². The average molecular weight is 313 g/mol. The van der Waals surface area contributed by atoms with Crippen molar-refractivity contribution in [1.29, 1.82) is 0 Å². The largest absolute Gasteiger partial charge is 0.497 e. The Morgan fingerprint density at radius 2 is 1.77 bits per heavy atom. The Bertz CT molecular complexity index is 632. The first-order valence-electron chi connectivity index (χ1n) is 6.54. The minimum absolute atomic E-state index is 0.0174. The summed E-state index contributed by atoms with van der Waals surface area (Å²) >= 11 is 0. The molecule has 1 heterocycles. The zero-order chi connectivity index (χ0) is 16.5. The molecule has 4 nitrogen and oxygen atoms in total. The monoisotopic (exact) mass is 313 g/mol. The SMILES string of the molecule is COc1ccc(N2C(=O)CCC(C(=O)C(F)(F)F)=C2C)cc1. The number of hydrogen-bond donors (Lipinski definition) is 0. The van der Waals surface area contributed by atoms with Crippen molar-refractivity contribution in [1.82, 2.24) is 0 Å². The van der Waals surface area contributed by atoms with Crippen molar-refractivity contribution < 1.29 is 27.5 Å². The number of hydrogen-bond acceptors (Lipinski definition) is 3. The van der Waals surface area contributed by atoms with Crippen molar-refractivity contribution in [3.8, 4) is 5.75 Å². The van der Waals surface area contributed by atoms with E-state index in [1.54, 1.807) is 24.3 Å². The first kappa shape index (κ1) is 16.1. The van der Waals surface area contributed by atoms with Gasteiger partial charge >= 0.3 is 6.18 Å². The van der Waals surface area contributed by atoms with Gasteiger partial charge in [-0.05, 0) is 37.6 Å². The molecule has 0 saturated heterocycles. The van der Waals surface area contributed by atoms with Crippen LogP contribution in [0.2, 0.25) is 0 Å². The molecule has 22 heavy (non-hydrogen) atoms. The van der Waals surface area contributed by atoms with E-state index in [0.29, 0.717) is 11.4 Å². The molecule has 0 spiro atoms. The number of ketones is 1. The second kappa shape index (κ2) is 5.82. The van der Waals surface area contributed by atoms with Gasteiger partial charge in [0.15, 0.2) is 0 Å². The highest BCUT2D eigenvalue weighted by molar-refractivity contribution is 6.06. The number of carbonyl (C=O) groups is 2. The molecule has 1 aliphatic rings. The lowest BCUT2D eigenvalue weighted by molar-refractivity contribution is -0.166. The summed E-state index contributed by atoms with van der Waals surface area (Å²) in [4.78, 5) is 24.7. The molecule has 1 aromatic rings. The van der Waals surface area contributed by atoms with Gasteiger partial charge in [-0.15, -0.1) is 0 Å². The molecular formula is C15H14F3NO3. The van der Waals surface area contributed by atoms with Crippen molar-refractivity contribution in [2.75, 3.05) is 12.0 Å². The molecule has 0 atom stereocenters. The number of anilines is 1. The van der Waals surface area contributed by atoms with Crippen LogP contribution in [0.25, 0.3) is 0 Å². The summed E-state index contributed by atoms with van der Waals surface area (Å²) in [5.41, 5.74) is 0.0436. The average Bonchev–Trinajstić information content (AvgIpc) is 2.46. The minimum atomic E-state index is -4.94. The van der Waals surface area contributed by atoms with Gasteiger partial charge in [-0.3, -0.25) is 14.5 Å². The number of methoxy groups -OCH3 is 1. The van der Waals surface area contributed by atoms with Gasteiger partial charge < -0.3 is 4.74 Å². The van der Waals surface area contributed by atoms with Crippen LogP contribution in [0.4, 0.5) is 18.9 Å². The van der Waals surface area contributed by atoms with Crippen molar-refractivity contribution >= 4 is 17.4 Å². The molecule has 0 N–H and O–H groups in total. The maximum absolute atomic E-state index is 12.6. The maximum atomic E-state index is 12.6. The third kappa shape index (κ3) is 2.98. The van der Waals surface area contributed by atoms with Crippen LogP contribution in [0.3, 0.4) is 0 Å². The van der Waals surface area contributed by atoms with E-state index in [1.807, 2.05) is 0 Å². The molecule has 0 saturated carbocycles. The summed E-state index contributed by atoms with van der Waals surface area (Å²) in [7, 11) is 1.48. The fourth-order valence-corrected chi connectivity index (χ4v) is 2.36. The van der Waals surface area contributed by atoms with Gasteiger partial charge in [-0.2, -0.15) is 13.2 Å². The zero-order valence-corrected chi connectivity index (χ0v) is 12.0. The summed E-state index contributed by atoms with van der Waals surface area (Å²) in [6, 6.07) is 6.30. The molecule has 0 unspecified atom stereocenters. The zero-order valence-electron chi connectivity index (χ0n) is 12.0. The number of allylic oxidation sites excluding steroid dienone is 2. The Morgan fingerprint density at radius 1 is 1.18 bits per heavy atom. The molecule has 2 rings (SSSR count). The molecule has 0 aromatic heterocycles. The molecule has 1 amide bonds. The van der Waals surface area contributed by atoms with Gasteiger partial charge in [-0.25, -0.2) is 0 Å². The lowest BCUT2D eigenvalue weighted by Crippen LogP contribution is -2.37. The van der Waals surface area contributed by atoms with E-state index in [0.717, 1.165) is 4.90 Å². The van der Waals surface area contributed by atoms with Gasteiger partial charge in [0.1, 0.15) is 5.75 Å². The number of nitrogens with zero attached hydrogens (tertiary/aromatic N) is 1. The quantitative estimate of drug-likeness (QED) is 0.861. The van der Waals surface area contributed by atoms with Crippen molar-refractivity contribution in [2.24, 2.45) is 0 Å². The number of rotatable bonds is 3. The Hall–Kier alpha value is -2.31. The Balaban J connectivity index is 2.44. The maximum Gasteiger partial charge on any atom is 0.454 e. The molecule has 1 aliphatic heterocycles. The highest BCUT2D eigenvalue weighted by Gasteiger charge is 2.43. The van der Waals surface area contributed by atoms with E-state index in [4.69, 9.17) is 4.74 Å². The Morgan fingerprint density at radius 3 is 2.27 bits per heavy atom. The molecule has 0 aliphatic carbocycles. The summed E-state index contributed by atoms with van der Waals surface area (Å²) in [6.45, 7) is 1.35. The Kier molecular flexibility index (Phi) is 4.25. The molecule has 0 fully saturated rings. The number of alkyl halides is 3. The summed E-state index contributed by atoms with van der Waals surface area (Å²) in [6.07, 6.45) is -5.28. The number of halogens is 3. The second-order valence-corrected chi connectivity index (χ2v) is 4.82. The van der Waals surface area contributed by atoms with Crippen molar-refractivity contribution in [3.05, 3.63) is 35.5 Å². The molecule has 0 radical (unpaired) electrons. The van der Waals surface area contributed by atoms with Gasteiger partial charge in [0.05, 0.1) is 7.11 Å². The number of amides is 1. The summed E-state index contributed by atoms with van der Waals surface area (Å²) in [5.74, 6) is -1.68. The van der Waals surface area contributed by atoms with Crippen molar-refractivity contribution in [3.63, 3.8) is 0 Å². The van der Waals surface area contributed by atoms with E-state index in [1.165, 1.54) is 14.0 Å². The molecule has 118 valence electrons. The fraction of sp³-hybridized carbons (Fsp3) is 0.333. The van der Waals surface area contributed by atoms with Crippen LogP contribution in [-0.4, -0.2) is 25.0 Å². The molecule has 7 heteroatoms. The van der Waals surface area contributed by atoms with Crippen LogP contribution in [0.15, 0.2) is 35.5 Å². The van der Waals surface area contributed by atoms with E-state index in [9.17, 15) is 22.8 Å². The third-order valence-electron chi connectivity index (χ3n) is 3.47. The van der Waals surface area contributed by atoms with Crippen LogP contribution in [0.5, 0.6) is 5.75 Å². The van der Waals surface area contributed by atoms with Gasteiger partial charge in [-0.1, -0.05) is 0 Å². The lowest BCUT2D eigenvalue weighted by atomic mass is 9.97. The number of ether oxygens (including phenoxy) is 1.